The zero-order valence-electron chi connectivity index (χ0n) is 14.2. The second kappa shape index (κ2) is 6.63. The van der Waals surface area contributed by atoms with Gasteiger partial charge in [0.25, 0.3) is 0 Å². The van der Waals surface area contributed by atoms with E-state index in [2.05, 4.69) is 11.1 Å². The fraction of sp³-hybridized carbons (Fsp3) is 0.368. The van der Waals surface area contributed by atoms with E-state index in [0.717, 1.165) is 36.7 Å². The van der Waals surface area contributed by atoms with E-state index in [1.165, 1.54) is 5.56 Å². The molecule has 1 saturated heterocycles. The molecule has 6 heteroatoms. The molecule has 2 aliphatic rings. The van der Waals surface area contributed by atoms with Crippen LogP contribution >= 0.6 is 0 Å². The second-order valence-electron chi connectivity index (χ2n) is 6.33. The second-order valence-corrected chi connectivity index (χ2v) is 6.33. The normalized spacial score (nSPS) is 19.3. The van der Waals surface area contributed by atoms with Crippen LogP contribution in [0.4, 0.5) is 10.5 Å². The number of benzene rings is 1. The van der Waals surface area contributed by atoms with Gasteiger partial charge in [0.15, 0.2) is 0 Å². The number of pyridine rings is 1. The Morgan fingerprint density at radius 2 is 2.24 bits per heavy atom. The Bertz CT molecular complexity index is 766. The van der Waals surface area contributed by atoms with Gasteiger partial charge in [0.2, 0.25) is 0 Å². The average molecular weight is 339 g/mol. The van der Waals surface area contributed by atoms with Crippen LogP contribution in [0.25, 0.3) is 0 Å². The Morgan fingerprint density at radius 1 is 1.32 bits per heavy atom. The molecule has 6 nitrogen and oxygen atoms in total. The molecule has 0 radical (unpaired) electrons. The number of hydrogen-bond acceptors (Lipinski definition) is 4. The van der Waals surface area contributed by atoms with Crippen molar-refractivity contribution in [2.75, 3.05) is 38.3 Å². The van der Waals surface area contributed by atoms with Crippen molar-refractivity contribution in [3.05, 3.63) is 48.3 Å². The summed E-state index contributed by atoms with van der Waals surface area (Å²) in [6.07, 6.45) is 4.64. The van der Waals surface area contributed by atoms with Gasteiger partial charge >= 0.3 is 6.03 Å². The van der Waals surface area contributed by atoms with Crippen LogP contribution in [-0.4, -0.2) is 49.3 Å². The van der Waals surface area contributed by atoms with Crippen molar-refractivity contribution in [2.24, 2.45) is 0 Å². The molecule has 1 unspecified atom stereocenters. The van der Waals surface area contributed by atoms with Crippen LogP contribution in [0.3, 0.4) is 0 Å². The van der Waals surface area contributed by atoms with Crippen LogP contribution in [0.1, 0.15) is 17.9 Å². The molecule has 1 fully saturated rings. The number of aromatic nitrogens is 1. The summed E-state index contributed by atoms with van der Waals surface area (Å²) in [6, 6.07) is 9.63. The molecule has 0 aliphatic carbocycles. The number of carbonyl (C=O) groups is 1. The van der Waals surface area contributed by atoms with Crippen molar-refractivity contribution in [1.29, 1.82) is 0 Å². The van der Waals surface area contributed by atoms with Crippen LogP contribution < -0.4 is 14.4 Å². The van der Waals surface area contributed by atoms with Crippen LogP contribution in [-0.2, 0) is 0 Å². The fourth-order valence-corrected chi connectivity index (χ4v) is 3.52. The molecule has 0 bridgehead atoms. The molecule has 3 heterocycles. The van der Waals surface area contributed by atoms with Gasteiger partial charge in [-0.15, -0.1) is 0 Å². The third-order valence-electron chi connectivity index (χ3n) is 4.87. The Morgan fingerprint density at radius 3 is 3.04 bits per heavy atom. The van der Waals surface area contributed by atoms with Crippen molar-refractivity contribution in [1.82, 2.24) is 9.88 Å². The molecule has 130 valence electrons. The van der Waals surface area contributed by atoms with Crippen LogP contribution in [0.15, 0.2) is 42.7 Å². The number of carbonyl (C=O) groups excluding carboxylic acids is 1. The Labute approximate surface area is 147 Å². The summed E-state index contributed by atoms with van der Waals surface area (Å²) in [7, 11) is 1.62. The van der Waals surface area contributed by atoms with E-state index < -0.39 is 0 Å². The number of ether oxygens (including phenoxy) is 2. The fourth-order valence-electron chi connectivity index (χ4n) is 3.52. The van der Waals surface area contributed by atoms with Crippen LogP contribution in [0.2, 0.25) is 0 Å². The molecular formula is C19H21N3O3. The number of amides is 2. The number of methoxy groups -OCH3 is 1. The van der Waals surface area contributed by atoms with Crippen LogP contribution in [0.5, 0.6) is 11.5 Å². The lowest BCUT2D eigenvalue weighted by Crippen LogP contribution is -2.45. The minimum atomic E-state index is 0.0317. The maximum Gasteiger partial charge on any atom is 0.324 e. The van der Waals surface area contributed by atoms with Gasteiger partial charge in [-0.2, -0.15) is 0 Å². The molecule has 0 saturated carbocycles. The molecule has 1 aromatic heterocycles. The summed E-state index contributed by atoms with van der Waals surface area (Å²) in [5.74, 6) is 1.79. The van der Waals surface area contributed by atoms with E-state index in [9.17, 15) is 4.79 Å². The summed E-state index contributed by atoms with van der Waals surface area (Å²) >= 11 is 0. The first-order valence-electron chi connectivity index (χ1n) is 8.53. The van der Waals surface area contributed by atoms with Crippen molar-refractivity contribution in [3.8, 4) is 11.5 Å². The largest absolute Gasteiger partial charge is 0.497 e. The number of nitrogens with zero attached hydrogens (tertiary/aromatic N) is 3. The van der Waals surface area contributed by atoms with Gasteiger partial charge in [0.1, 0.15) is 18.1 Å². The predicted octanol–water partition coefficient (Wildman–Crippen LogP) is 2.90. The van der Waals surface area contributed by atoms with Gasteiger partial charge in [0, 0.05) is 37.5 Å². The third kappa shape index (κ3) is 2.99. The van der Waals surface area contributed by atoms with Gasteiger partial charge in [-0.3, -0.25) is 9.88 Å². The van der Waals surface area contributed by atoms with Crippen molar-refractivity contribution in [2.45, 2.75) is 12.3 Å². The summed E-state index contributed by atoms with van der Waals surface area (Å²) < 4.78 is 11.0. The van der Waals surface area contributed by atoms with E-state index in [4.69, 9.17) is 9.47 Å². The first-order valence-corrected chi connectivity index (χ1v) is 8.53. The van der Waals surface area contributed by atoms with E-state index in [0.29, 0.717) is 19.1 Å². The van der Waals surface area contributed by atoms with Crippen molar-refractivity contribution >= 4 is 11.7 Å². The molecule has 25 heavy (non-hydrogen) atoms. The quantitative estimate of drug-likeness (QED) is 0.844. The number of anilines is 1. The smallest absolute Gasteiger partial charge is 0.324 e. The van der Waals surface area contributed by atoms with Crippen molar-refractivity contribution < 1.29 is 14.3 Å². The first-order chi connectivity index (χ1) is 12.3. The summed E-state index contributed by atoms with van der Waals surface area (Å²) in [5.41, 5.74) is 1.97. The SMILES string of the molecule is COc1ccc2c(c1)N(C(=O)N1CCC(c3cccnc3)C1)CCO2. The molecule has 2 amide bonds. The Hall–Kier alpha value is -2.76. The molecule has 4 rings (SSSR count). The maximum absolute atomic E-state index is 13.1. The van der Waals surface area contributed by atoms with Gasteiger partial charge in [0.05, 0.1) is 19.3 Å². The molecular weight excluding hydrogens is 318 g/mol. The number of likely N-dealkylation sites (tertiary alicyclic amines) is 1. The van der Waals surface area contributed by atoms with Crippen molar-refractivity contribution in [3.63, 3.8) is 0 Å². The van der Waals surface area contributed by atoms with E-state index in [-0.39, 0.29) is 6.03 Å². The summed E-state index contributed by atoms with van der Waals surface area (Å²) in [4.78, 5) is 21.0. The van der Waals surface area contributed by atoms with E-state index in [1.807, 2.05) is 35.4 Å². The molecule has 0 N–H and O–H groups in total. The van der Waals surface area contributed by atoms with Crippen LogP contribution in [0, 0.1) is 0 Å². The van der Waals surface area contributed by atoms with E-state index in [1.54, 1.807) is 18.2 Å². The number of fused-ring (bicyclic) bond motifs is 1. The predicted molar refractivity (Wildman–Crippen MR) is 94.4 cm³/mol. The highest BCUT2D eigenvalue weighted by molar-refractivity contribution is 5.94. The lowest BCUT2D eigenvalue weighted by atomic mass is 10.0. The monoisotopic (exact) mass is 339 g/mol. The molecule has 1 aromatic carbocycles. The lowest BCUT2D eigenvalue weighted by Gasteiger charge is -2.33. The summed E-state index contributed by atoms with van der Waals surface area (Å²) in [6.45, 7) is 2.54. The summed E-state index contributed by atoms with van der Waals surface area (Å²) in [5, 5.41) is 0. The zero-order chi connectivity index (χ0) is 17.2. The third-order valence-corrected chi connectivity index (χ3v) is 4.87. The highest BCUT2D eigenvalue weighted by atomic mass is 16.5. The highest BCUT2D eigenvalue weighted by Gasteiger charge is 2.33. The molecule has 2 aliphatic heterocycles. The highest BCUT2D eigenvalue weighted by Crippen LogP contribution is 2.36. The minimum Gasteiger partial charge on any atom is -0.497 e. The number of hydrogen-bond donors (Lipinski definition) is 0. The lowest BCUT2D eigenvalue weighted by molar-refractivity contribution is 0.209. The Balaban J connectivity index is 1.53. The average Bonchev–Trinajstić information content (AvgIpc) is 3.17. The molecule has 0 spiro atoms. The number of urea groups is 1. The molecule has 2 aromatic rings. The van der Waals surface area contributed by atoms with Gasteiger partial charge in [-0.05, 0) is 30.2 Å². The number of rotatable bonds is 2. The van der Waals surface area contributed by atoms with E-state index >= 15 is 0 Å². The zero-order valence-corrected chi connectivity index (χ0v) is 14.2. The van der Waals surface area contributed by atoms with Gasteiger partial charge in [-0.1, -0.05) is 6.07 Å². The van der Waals surface area contributed by atoms with Gasteiger partial charge < -0.3 is 14.4 Å². The first kappa shape index (κ1) is 15.7. The minimum absolute atomic E-state index is 0.0317. The molecule has 1 atom stereocenters. The standard InChI is InChI=1S/C19H21N3O3/c1-24-16-4-5-18-17(11-16)22(9-10-25-18)19(23)21-8-6-15(13-21)14-3-2-7-20-12-14/h2-5,7,11-12,15H,6,8-10,13H2,1H3. The topological polar surface area (TPSA) is 54.9 Å². The Kier molecular flexibility index (Phi) is 4.17. The van der Waals surface area contributed by atoms with Gasteiger partial charge in [-0.25, -0.2) is 4.79 Å². The maximum atomic E-state index is 13.1.